The van der Waals surface area contributed by atoms with Gasteiger partial charge in [-0.3, -0.25) is 9.69 Å². The van der Waals surface area contributed by atoms with Gasteiger partial charge in [0.25, 0.3) is 0 Å². The first-order valence-corrected chi connectivity index (χ1v) is 6.63. The molecule has 1 atom stereocenters. The van der Waals surface area contributed by atoms with Gasteiger partial charge in [-0.05, 0) is 19.4 Å². The van der Waals surface area contributed by atoms with E-state index in [0.717, 1.165) is 25.9 Å². The van der Waals surface area contributed by atoms with Crippen molar-refractivity contribution in [1.82, 2.24) is 9.80 Å². The molecule has 0 aromatic carbocycles. The lowest BCUT2D eigenvalue weighted by Gasteiger charge is -2.26. The number of hydrogen-bond acceptors (Lipinski definition) is 3. The van der Waals surface area contributed by atoms with Crippen molar-refractivity contribution >= 4 is 23.1 Å². The summed E-state index contributed by atoms with van der Waals surface area (Å²) in [6.45, 7) is 6.13. The van der Waals surface area contributed by atoms with Crippen molar-refractivity contribution in [1.29, 1.82) is 0 Å². The van der Waals surface area contributed by atoms with E-state index in [1.54, 1.807) is 0 Å². The number of thiocarbonyl (C=S) groups is 1. The fraction of sp³-hybridized carbons (Fsp3) is 0.833. The molecule has 0 aromatic heterocycles. The van der Waals surface area contributed by atoms with Crippen LogP contribution in [0.25, 0.3) is 0 Å². The number of hydrogen-bond donors (Lipinski definition) is 1. The van der Waals surface area contributed by atoms with E-state index in [-0.39, 0.29) is 11.8 Å². The summed E-state index contributed by atoms with van der Waals surface area (Å²) in [7, 11) is 1.89. The van der Waals surface area contributed by atoms with E-state index in [4.69, 9.17) is 18.0 Å². The number of nitrogens with two attached hydrogens (primary N) is 1. The average molecular weight is 257 g/mol. The SMILES string of the molecule is CCN(CC(=O)N(C)C1CC1)CC(C)C(N)=S. The van der Waals surface area contributed by atoms with Crippen LogP contribution >= 0.6 is 12.2 Å². The minimum atomic E-state index is 0.156. The van der Waals surface area contributed by atoms with Crippen LogP contribution < -0.4 is 5.73 Å². The Hall–Kier alpha value is -0.680. The molecule has 0 radical (unpaired) electrons. The third kappa shape index (κ3) is 4.60. The average Bonchev–Trinajstić information content (AvgIpc) is 3.10. The van der Waals surface area contributed by atoms with Gasteiger partial charge in [0.05, 0.1) is 11.5 Å². The highest BCUT2D eigenvalue weighted by Gasteiger charge is 2.30. The third-order valence-electron chi connectivity index (χ3n) is 3.31. The fourth-order valence-electron chi connectivity index (χ4n) is 1.75. The summed E-state index contributed by atoms with van der Waals surface area (Å²) in [5.74, 6) is 0.355. The van der Waals surface area contributed by atoms with E-state index >= 15 is 0 Å². The Labute approximate surface area is 109 Å². The maximum absolute atomic E-state index is 12.0. The van der Waals surface area contributed by atoms with Gasteiger partial charge in [0.1, 0.15) is 0 Å². The summed E-state index contributed by atoms with van der Waals surface area (Å²) in [5.41, 5.74) is 5.60. The first-order valence-electron chi connectivity index (χ1n) is 6.23. The second-order valence-corrected chi connectivity index (χ2v) is 5.34. The highest BCUT2D eigenvalue weighted by Crippen LogP contribution is 2.25. The van der Waals surface area contributed by atoms with E-state index in [1.807, 2.05) is 18.9 Å². The van der Waals surface area contributed by atoms with E-state index in [0.29, 0.717) is 17.6 Å². The van der Waals surface area contributed by atoms with Crippen molar-refractivity contribution in [2.75, 3.05) is 26.7 Å². The molecule has 1 rings (SSSR count). The molecule has 1 saturated carbocycles. The van der Waals surface area contributed by atoms with Crippen LogP contribution in [0.3, 0.4) is 0 Å². The van der Waals surface area contributed by atoms with E-state index in [1.165, 1.54) is 0 Å². The summed E-state index contributed by atoms with van der Waals surface area (Å²) >= 11 is 4.96. The second kappa shape index (κ2) is 6.31. The normalized spacial score (nSPS) is 16.9. The van der Waals surface area contributed by atoms with Crippen LogP contribution in [0.4, 0.5) is 0 Å². The van der Waals surface area contributed by atoms with Crippen LogP contribution in [-0.4, -0.2) is 53.4 Å². The predicted octanol–water partition coefficient (Wildman–Crippen LogP) is 0.851. The van der Waals surface area contributed by atoms with Gasteiger partial charge in [-0.1, -0.05) is 26.1 Å². The quantitative estimate of drug-likeness (QED) is 0.687. The summed E-state index contributed by atoms with van der Waals surface area (Å²) in [4.78, 5) is 16.5. The number of nitrogens with zero attached hydrogens (tertiary/aromatic N) is 2. The number of carbonyl (C=O) groups excluding carboxylic acids is 1. The monoisotopic (exact) mass is 257 g/mol. The Morgan fingerprint density at radius 2 is 2.12 bits per heavy atom. The third-order valence-corrected chi connectivity index (χ3v) is 3.71. The van der Waals surface area contributed by atoms with Crippen molar-refractivity contribution in [3.63, 3.8) is 0 Å². The molecule has 0 aliphatic heterocycles. The Morgan fingerprint density at radius 1 is 1.53 bits per heavy atom. The van der Waals surface area contributed by atoms with Crippen LogP contribution in [-0.2, 0) is 4.79 Å². The molecule has 1 aliphatic carbocycles. The zero-order valence-electron chi connectivity index (χ0n) is 11.0. The molecule has 1 unspecified atom stereocenters. The van der Waals surface area contributed by atoms with Gasteiger partial charge in [-0.15, -0.1) is 0 Å². The van der Waals surface area contributed by atoms with Gasteiger partial charge in [-0.2, -0.15) is 0 Å². The van der Waals surface area contributed by atoms with Crippen molar-refractivity contribution < 1.29 is 4.79 Å². The van der Waals surface area contributed by atoms with Crippen LogP contribution in [0.2, 0.25) is 0 Å². The standard InChI is InChI=1S/C12H23N3OS/c1-4-15(7-9(2)12(13)17)8-11(16)14(3)10-5-6-10/h9-10H,4-8H2,1-3H3,(H2,13,17). The summed E-state index contributed by atoms with van der Waals surface area (Å²) < 4.78 is 0. The van der Waals surface area contributed by atoms with Gasteiger partial charge in [0.15, 0.2) is 0 Å². The molecule has 1 amide bonds. The van der Waals surface area contributed by atoms with Crippen molar-refractivity contribution in [3.8, 4) is 0 Å². The minimum Gasteiger partial charge on any atom is -0.393 e. The molecular weight excluding hydrogens is 234 g/mol. The smallest absolute Gasteiger partial charge is 0.236 e. The number of likely N-dealkylation sites (N-methyl/N-ethyl adjacent to an activating group) is 2. The second-order valence-electron chi connectivity index (χ2n) is 4.87. The summed E-state index contributed by atoms with van der Waals surface area (Å²) in [6.07, 6.45) is 2.30. The van der Waals surface area contributed by atoms with Gasteiger partial charge in [-0.25, -0.2) is 0 Å². The number of amides is 1. The summed E-state index contributed by atoms with van der Waals surface area (Å²) in [5, 5.41) is 0. The molecule has 0 aromatic rings. The van der Waals surface area contributed by atoms with E-state index in [9.17, 15) is 4.79 Å². The van der Waals surface area contributed by atoms with Gasteiger partial charge in [0, 0.05) is 25.6 Å². The predicted molar refractivity (Wildman–Crippen MR) is 73.9 cm³/mol. The minimum absolute atomic E-state index is 0.156. The number of carbonyl (C=O) groups is 1. The van der Waals surface area contributed by atoms with Crippen molar-refractivity contribution in [3.05, 3.63) is 0 Å². The van der Waals surface area contributed by atoms with Gasteiger partial charge < -0.3 is 10.6 Å². The Morgan fingerprint density at radius 3 is 2.53 bits per heavy atom. The first kappa shape index (κ1) is 14.4. The van der Waals surface area contributed by atoms with Crippen LogP contribution in [0.1, 0.15) is 26.7 Å². The summed E-state index contributed by atoms with van der Waals surface area (Å²) in [6, 6.07) is 0.481. The maximum Gasteiger partial charge on any atom is 0.236 e. The van der Waals surface area contributed by atoms with E-state index in [2.05, 4.69) is 11.8 Å². The highest BCUT2D eigenvalue weighted by atomic mass is 32.1. The molecular formula is C12H23N3OS. The van der Waals surface area contributed by atoms with Gasteiger partial charge in [0.2, 0.25) is 5.91 Å². The molecule has 0 bridgehead atoms. The topological polar surface area (TPSA) is 49.6 Å². The van der Waals surface area contributed by atoms with Gasteiger partial charge >= 0.3 is 0 Å². The molecule has 2 N–H and O–H groups in total. The zero-order chi connectivity index (χ0) is 13.0. The van der Waals surface area contributed by atoms with Crippen LogP contribution in [0, 0.1) is 5.92 Å². The zero-order valence-corrected chi connectivity index (χ0v) is 11.8. The van der Waals surface area contributed by atoms with Crippen LogP contribution in [0.15, 0.2) is 0 Å². The molecule has 4 nitrogen and oxygen atoms in total. The Balaban J connectivity index is 2.39. The molecule has 98 valence electrons. The van der Waals surface area contributed by atoms with Crippen LogP contribution in [0.5, 0.6) is 0 Å². The van der Waals surface area contributed by atoms with Crippen molar-refractivity contribution in [2.45, 2.75) is 32.7 Å². The van der Waals surface area contributed by atoms with Crippen molar-refractivity contribution in [2.24, 2.45) is 11.7 Å². The molecule has 1 fully saturated rings. The Bertz CT molecular complexity index is 291. The highest BCUT2D eigenvalue weighted by molar-refractivity contribution is 7.80. The lowest BCUT2D eigenvalue weighted by atomic mass is 10.1. The fourth-order valence-corrected chi connectivity index (χ4v) is 1.83. The largest absolute Gasteiger partial charge is 0.393 e. The lowest BCUT2D eigenvalue weighted by molar-refractivity contribution is -0.131. The molecule has 0 heterocycles. The molecule has 17 heavy (non-hydrogen) atoms. The lowest BCUT2D eigenvalue weighted by Crippen LogP contribution is -2.42. The molecule has 1 aliphatic rings. The molecule has 0 spiro atoms. The number of rotatable bonds is 7. The van der Waals surface area contributed by atoms with E-state index < -0.39 is 0 Å². The Kier molecular flexibility index (Phi) is 5.33. The molecule has 5 heteroatoms. The first-order chi connectivity index (χ1) is 7.95. The molecule has 0 saturated heterocycles. The maximum atomic E-state index is 12.0.